The molecule has 1 aromatic carbocycles. The average molecular weight is 328 g/mol. The molecule has 2 bridgehead atoms. The van der Waals surface area contributed by atoms with Crippen molar-refractivity contribution < 1.29 is 9.90 Å². The molecule has 4 N–H and O–H groups in total. The molecule has 0 spiro atoms. The monoisotopic (exact) mass is 328 g/mol. The van der Waals surface area contributed by atoms with Crippen molar-refractivity contribution in [3.8, 4) is 0 Å². The van der Waals surface area contributed by atoms with Gasteiger partial charge in [-0.2, -0.15) is 0 Å². The summed E-state index contributed by atoms with van der Waals surface area (Å²) < 4.78 is 0. The van der Waals surface area contributed by atoms with E-state index >= 15 is 0 Å². The number of urea groups is 1. The molecule has 0 radical (unpaired) electrons. The van der Waals surface area contributed by atoms with Crippen LogP contribution in [0.25, 0.3) is 11.0 Å². The average Bonchev–Trinajstić information content (AvgIpc) is 3.28. The van der Waals surface area contributed by atoms with E-state index in [1.807, 2.05) is 31.2 Å². The van der Waals surface area contributed by atoms with Crippen LogP contribution in [0, 0.1) is 17.8 Å². The summed E-state index contributed by atoms with van der Waals surface area (Å²) in [7, 11) is 0. The molecule has 6 heteroatoms. The lowest BCUT2D eigenvalue weighted by atomic mass is 9.85. The summed E-state index contributed by atoms with van der Waals surface area (Å²) in [4.78, 5) is 20.2. The first-order valence-corrected chi connectivity index (χ1v) is 8.78. The molecule has 5 unspecified atom stereocenters. The Labute approximate surface area is 141 Å². The Kier molecular flexibility index (Phi) is 3.92. The zero-order valence-corrected chi connectivity index (χ0v) is 13.8. The maximum absolute atomic E-state index is 12.4. The molecule has 0 aliphatic heterocycles. The summed E-state index contributed by atoms with van der Waals surface area (Å²) in [5, 5.41) is 15.7. The van der Waals surface area contributed by atoms with E-state index in [2.05, 4.69) is 20.6 Å². The van der Waals surface area contributed by atoms with Crippen LogP contribution in [0.1, 0.15) is 38.1 Å². The zero-order chi connectivity index (χ0) is 16.7. The summed E-state index contributed by atoms with van der Waals surface area (Å²) in [6.07, 6.45) is 3.48. The maximum atomic E-state index is 12.4. The van der Waals surface area contributed by atoms with Crippen LogP contribution in [-0.4, -0.2) is 33.8 Å². The smallest absolute Gasteiger partial charge is 0.315 e. The number of aliphatic hydroxyl groups excluding tert-OH is 1. The lowest BCUT2D eigenvalue weighted by Crippen LogP contribution is -2.49. The predicted molar refractivity (Wildman–Crippen MR) is 91.4 cm³/mol. The predicted octanol–water partition coefficient (Wildman–Crippen LogP) is 2.33. The van der Waals surface area contributed by atoms with Crippen LogP contribution in [0.2, 0.25) is 0 Å². The van der Waals surface area contributed by atoms with Crippen LogP contribution in [-0.2, 0) is 0 Å². The highest BCUT2D eigenvalue weighted by atomic mass is 16.3. The van der Waals surface area contributed by atoms with Gasteiger partial charge in [0.2, 0.25) is 0 Å². The summed E-state index contributed by atoms with van der Waals surface area (Å²) in [6, 6.07) is 7.53. The number of imidazole rings is 1. The molecular formula is C18H24N4O2. The quantitative estimate of drug-likeness (QED) is 0.694. The van der Waals surface area contributed by atoms with Gasteiger partial charge >= 0.3 is 6.03 Å². The van der Waals surface area contributed by atoms with Crippen molar-refractivity contribution in [3.63, 3.8) is 0 Å². The van der Waals surface area contributed by atoms with Crippen LogP contribution in [0.15, 0.2) is 24.3 Å². The van der Waals surface area contributed by atoms with Gasteiger partial charge in [-0.3, -0.25) is 0 Å². The third kappa shape index (κ3) is 2.65. The fourth-order valence-electron chi connectivity index (χ4n) is 4.53. The molecule has 2 amide bonds. The molecule has 2 aliphatic carbocycles. The van der Waals surface area contributed by atoms with E-state index in [0.717, 1.165) is 29.7 Å². The molecule has 1 aromatic heterocycles. The van der Waals surface area contributed by atoms with E-state index in [1.165, 1.54) is 6.42 Å². The summed E-state index contributed by atoms with van der Waals surface area (Å²) in [6.45, 7) is 2.08. The van der Waals surface area contributed by atoms with Crippen molar-refractivity contribution in [1.82, 2.24) is 20.6 Å². The number of rotatable bonds is 4. The number of fused-ring (bicyclic) bond motifs is 3. The van der Waals surface area contributed by atoms with Gasteiger partial charge < -0.3 is 20.7 Å². The van der Waals surface area contributed by atoms with Crippen LogP contribution < -0.4 is 10.6 Å². The number of amides is 2. The number of aromatic amines is 1. The van der Waals surface area contributed by atoms with E-state index in [9.17, 15) is 9.90 Å². The van der Waals surface area contributed by atoms with E-state index < -0.39 is 0 Å². The van der Waals surface area contributed by atoms with Crippen molar-refractivity contribution in [2.45, 2.75) is 38.3 Å². The molecule has 1 heterocycles. The first-order chi connectivity index (χ1) is 11.7. The number of benzene rings is 1. The summed E-state index contributed by atoms with van der Waals surface area (Å²) in [5.74, 6) is 2.03. The van der Waals surface area contributed by atoms with Gasteiger partial charge in [0.1, 0.15) is 5.82 Å². The maximum Gasteiger partial charge on any atom is 0.315 e. The number of aliphatic hydroxyl groups is 1. The first kappa shape index (κ1) is 15.4. The van der Waals surface area contributed by atoms with Gasteiger partial charge in [-0.1, -0.05) is 12.1 Å². The van der Waals surface area contributed by atoms with E-state index in [0.29, 0.717) is 11.8 Å². The summed E-state index contributed by atoms with van der Waals surface area (Å²) in [5.41, 5.74) is 1.87. The molecule has 6 nitrogen and oxygen atoms in total. The molecule has 2 aliphatic rings. The van der Waals surface area contributed by atoms with Gasteiger partial charge in [-0.15, -0.1) is 0 Å². The van der Waals surface area contributed by atoms with Crippen molar-refractivity contribution in [2.24, 2.45) is 17.8 Å². The van der Waals surface area contributed by atoms with E-state index in [4.69, 9.17) is 0 Å². The molecule has 128 valence electrons. The number of carbonyl (C=O) groups excluding carboxylic acids is 1. The van der Waals surface area contributed by atoms with E-state index in [1.54, 1.807) is 0 Å². The van der Waals surface area contributed by atoms with Gasteiger partial charge in [0.05, 0.1) is 17.1 Å². The zero-order valence-electron chi connectivity index (χ0n) is 13.8. The van der Waals surface area contributed by atoms with Gasteiger partial charge in [-0.05, 0) is 50.2 Å². The highest BCUT2D eigenvalue weighted by Gasteiger charge is 2.47. The molecule has 24 heavy (non-hydrogen) atoms. The second kappa shape index (κ2) is 6.09. The third-order valence-electron chi connectivity index (χ3n) is 5.76. The Bertz CT molecular complexity index is 710. The number of hydrogen-bond donors (Lipinski definition) is 4. The Balaban J connectivity index is 1.40. The number of aromatic nitrogens is 2. The molecule has 5 atom stereocenters. The highest BCUT2D eigenvalue weighted by molar-refractivity contribution is 5.76. The molecular weight excluding hydrogens is 304 g/mol. The van der Waals surface area contributed by atoms with Crippen molar-refractivity contribution in [1.29, 1.82) is 0 Å². The Morgan fingerprint density at radius 3 is 2.96 bits per heavy atom. The highest BCUT2D eigenvalue weighted by Crippen LogP contribution is 2.48. The number of hydrogen-bond acceptors (Lipinski definition) is 3. The minimum Gasteiger partial charge on any atom is -0.396 e. The normalized spacial score (nSPS) is 29.8. The minimum atomic E-state index is -0.205. The van der Waals surface area contributed by atoms with Gasteiger partial charge in [0, 0.05) is 18.6 Å². The van der Waals surface area contributed by atoms with Gasteiger partial charge in [0.25, 0.3) is 0 Å². The Morgan fingerprint density at radius 2 is 2.17 bits per heavy atom. The topological polar surface area (TPSA) is 90.0 Å². The van der Waals surface area contributed by atoms with Crippen LogP contribution >= 0.6 is 0 Å². The number of nitrogens with zero attached hydrogens (tertiary/aromatic N) is 1. The lowest BCUT2D eigenvalue weighted by molar-refractivity contribution is 0.144. The Hall–Kier alpha value is -2.08. The molecule has 0 saturated heterocycles. The SMILES string of the molecule is CC(NC(=O)NC1C2CCC(C2)C1CO)c1nc2ccccc2[nH]1. The standard InChI is InChI=1S/C18H24N4O2/c1-10(17-20-14-4-2-3-5-15(14)21-17)19-18(24)22-16-12-7-6-11(8-12)13(16)9-23/h2-5,10-13,16,23H,6-9H2,1H3,(H,20,21)(H2,19,22,24). The largest absolute Gasteiger partial charge is 0.396 e. The Morgan fingerprint density at radius 1 is 1.38 bits per heavy atom. The first-order valence-electron chi connectivity index (χ1n) is 8.78. The van der Waals surface area contributed by atoms with Crippen LogP contribution in [0.5, 0.6) is 0 Å². The molecule has 2 aromatic rings. The second-order valence-electron chi connectivity index (χ2n) is 7.18. The van der Waals surface area contributed by atoms with Crippen molar-refractivity contribution in [3.05, 3.63) is 30.1 Å². The van der Waals surface area contributed by atoms with Crippen LogP contribution in [0.4, 0.5) is 4.79 Å². The lowest BCUT2D eigenvalue weighted by Gasteiger charge is -2.30. The van der Waals surface area contributed by atoms with Crippen molar-refractivity contribution >= 4 is 17.1 Å². The number of carbonyl (C=O) groups is 1. The number of H-pyrrole nitrogens is 1. The molecule has 2 fully saturated rings. The fraction of sp³-hybridized carbons (Fsp3) is 0.556. The third-order valence-corrected chi connectivity index (χ3v) is 5.76. The van der Waals surface area contributed by atoms with Crippen molar-refractivity contribution in [2.75, 3.05) is 6.61 Å². The molecule has 4 rings (SSSR count). The number of para-hydroxylation sites is 2. The van der Waals surface area contributed by atoms with Gasteiger partial charge in [0.15, 0.2) is 0 Å². The minimum absolute atomic E-state index is 0.0941. The van der Waals surface area contributed by atoms with Crippen LogP contribution in [0.3, 0.4) is 0 Å². The summed E-state index contributed by atoms with van der Waals surface area (Å²) >= 11 is 0. The van der Waals surface area contributed by atoms with Gasteiger partial charge in [-0.25, -0.2) is 9.78 Å². The van der Waals surface area contributed by atoms with E-state index in [-0.39, 0.29) is 30.6 Å². The number of nitrogens with one attached hydrogen (secondary N) is 3. The fourth-order valence-corrected chi connectivity index (χ4v) is 4.53. The second-order valence-corrected chi connectivity index (χ2v) is 7.18. The molecule has 2 saturated carbocycles.